The van der Waals surface area contributed by atoms with Crippen LogP contribution in [-0.2, 0) is 9.53 Å². The van der Waals surface area contributed by atoms with Crippen molar-refractivity contribution in [3.05, 3.63) is 22.2 Å². The van der Waals surface area contributed by atoms with Crippen LogP contribution < -0.4 is 11.1 Å². The molecule has 1 aromatic carbocycles. The van der Waals surface area contributed by atoms with Gasteiger partial charge in [-0.3, -0.25) is 4.79 Å². The van der Waals surface area contributed by atoms with Crippen molar-refractivity contribution in [1.82, 2.24) is 0 Å². The van der Waals surface area contributed by atoms with Crippen LogP contribution in [0.4, 0.5) is 5.69 Å². The Morgan fingerprint density at radius 2 is 2.00 bits per heavy atom. The summed E-state index contributed by atoms with van der Waals surface area (Å²) in [4.78, 5) is 11.5. The number of rotatable bonds is 4. The molecule has 0 fully saturated rings. The second kappa shape index (κ2) is 7.66. The smallest absolute Gasteiger partial charge is 0.243 e. The van der Waals surface area contributed by atoms with E-state index >= 15 is 0 Å². The number of hydrogen-bond acceptors (Lipinski definition) is 4. The zero-order valence-electron chi connectivity index (χ0n) is 9.44. The van der Waals surface area contributed by atoms with Gasteiger partial charge in [0.15, 0.2) is 5.75 Å². The molecule has 0 aliphatic rings. The second-order valence-corrected chi connectivity index (χ2v) is 4.15. The van der Waals surface area contributed by atoms with Crippen molar-refractivity contribution < 1.29 is 14.6 Å². The van der Waals surface area contributed by atoms with E-state index in [-0.39, 0.29) is 34.8 Å². The number of carbonyl (C=O) groups excluding carboxylic acids is 1. The number of hydrogen-bond donors (Lipinski definition) is 3. The summed E-state index contributed by atoms with van der Waals surface area (Å²) in [6, 6.07) is 1.96. The Morgan fingerprint density at radius 3 is 2.44 bits per heavy atom. The van der Waals surface area contributed by atoms with Crippen LogP contribution >= 0.6 is 35.6 Å². The van der Waals surface area contributed by atoms with Crippen molar-refractivity contribution in [2.45, 2.75) is 6.04 Å². The van der Waals surface area contributed by atoms with E-state index in [0.717, 1.165) is 0 Å². The molecular weight excluding hydrogens is 302 g/mol. The Kier molecular flexibility index (Phi) is 7.35. The molecule has 1 unspecified atom stereocenters. The Balaban J connectivity index is 0.00000289. The van der Waals surface area contributed by atoms with Crippen LogP contribution in [0.5, 0.6) is 5.75 Å². The van der Waals surface area contributed by atoms with Crippen molar-refractivity contribution >= 4 is 47.2 Å². The third-order valence-electron chi connectivity index (χ3n) is 1.97. The molecule has 4 N–H and O–H groups in total. The molecule has 0 aliphatic heterocycles. The van der Waals surface area contributed by atoms with Crippen molar-refractivity contribution in [3.8, 4) is 5.75 Å². The van der Waals surface area contributed by atoms with Crippen LogP contribution in [0.1, 0.15) is 0 Å². The molecule has 1 rings (SSSR count). The van der Waals surface area contributed by atoms with Gasteiger partial charge >= 0.3 is 0 Å². The van der Waals surface area contributed by atoms with E-state index in [4.69, 9.17) is 33.7 Å². The summed E-state index contributed by atoms with van der Waals surface area (Å²) in [6.45, 7) is 0.103. The second-order valence-electron chi connectivity index (χ2n) is 3.34. The minimum absolute atomic E-state index is 0. The van der Waals surface area contributed by atoms with Crippen LogP contribution in [0.3, 0.4) is 0 Å². The van der Waals surface area contributed by atoms with Crippen LogP contribution in [0.25, 0.3) is 0 Å². The molecule has 1 atom stereocenters. The number of halogens is 3. The SMILES string of the molecule is COCC(N)C(=O)Nc1cc(Cl)c(O)c(Cl)c1.Cl. The van der Waals surface area contributed by atoms with Crippen molar-refractivity contribution in [3.63, 3.8) is 0 Å². The van der Waals surface area contributed by atoms with E-state index < -0.39 is 11.9 Å². The summed E-state index contributed by atoms with van der Waals surface area (Å²) in [5.41, 5.74) is 5.89. The van der Waals surface area contributed by atoms with Gasteiger partial charge in [0.1, 0.15) is 6.04 Å². The third-order valence-corrected chi connectivity index (χ3v) is 2.54. The average molecular weight is 316 g/mol. The number of anilines is 1. The molecule has 0 saturated carbocycles. The number of nitrogens with two attached hydrogens (primary N) is 1. The number of carbonyl (C=O) groups is 1. The fraction of sp³-hybridized carbons (Fsp3) is 0.300. The number of phenolic OH excluding ortho intramolecular Hbond substituents is 1. The lowest BCUT2D eigenvalue weighted by atomic mass is 10.2. The van der Waals surface area contributed by atoms with Gasteiger partial charge in [0, 0.05) is 12.8 Å². The van der Waals surface area contributed by atoms with Gasteiger partial charge in [-0.25, -0.2) is 0 Å². The third kappa shape index (κ3) is 4.51. The zero-order valence-corrected chi connectivity index (χ0v) is 11.8. The molecule has 0 heterocycles. The summed E-state index contributed by atoms with van der Waals surface area (Å²) in [5, 5.41) is 11.9. The summed E-state index contributed by atoms with van der Waals surface area (Å²) in [6.07, 6.45) is 0. The summed E-state index contributed by atoms with van der Waals surface area (Å²) in [7, 11) is 1.45. The van der Waals surface area contributed by atoms with E-state index in [1.54, 1.807) is 0 Å². The first-order valence-corrected chi connectivity index (χ1v) is 5.44. The molecule has 5 nitrogen and oxygen atoms in total. The Bertz CT molecular complexity index is 406. The van der Waals surface area contributed by atoms with E-state index in [1.165, 1.54) is 19.2 Å². The number of nitrogens with one attached hydrogen (secondary N) is 1. The molecule has 102 valence electrons. The largest absolute Gasteiger partial charge is 0.505 e. The van der Waals surface area contributed by atoms with Crippen LogP contribution in [0.2, 0.25) is 10.0 Å². The highest BCUT2D eigenvalue weighted by Gasteiger charge is 2.14. The maximum atomic E-state index is 11.5. The fourth-order valence-corrected chi connectivity index (χ4v) is 1.61. The minimum Gasteiger partial charge on any atom is -0.505 e. The van der Waals surface area contributed by atoms with Gasteiger partial charge < -0.3 is 20.9 Å². The van der Waals surface area contributed by atoms with Crippen LogP contribution in [0, 0.1) is 0 Å². The number of ether oxygens (including phenoxy) is 1. The lowest BCUT2D eigenvalue weighted by Gasteiger charge is -2.12. The quantitative estimate of drug-likeness (QED) is 0.742. The molecule has 0 saturated heterocycles. The Labute approximate surface area is 121 Å². The summed E-state index contributed by atoms with van der Waals surface area (Å²) in [5.74, 6) is -0.655. The normalized spacial score (nSPS) is 11.6. The predicted molar refractivity (Wildman–Crippen MR) is 73.9 cm³/mol. The van der Waals surface area contributed by atoms with Gasteiger partial charge in [0.05, 0.1) is 16.7 Å². The first-order chi connectivity index (χ1) is 7.95. The van der Waals surface area contributed by atoms with Crippen LogP contribution in [0.15, 0.2) is 12.1 Å². The lowest BCUT2D eigenvalue weighted by Crippen LogP contribution is -2.39. The first-order valence-electron chi connectivity index (χ1n) is 4.69. The highest BCUT2D eigenvalue weighted by atomic mass is 35.5. The van der Waals surface area contributed by atoms with E-state index in [1.807, 2.05) is 0 Å². The Morgan fingerprint density at radius 1 is 1.50 bits per heavy atom. The van der Waals surface area contributed by atoms with E-state index in [0.29, 0.717) is 5.69 Å². The zero-order chi connectivity index (χ0) is 13.0. The first kappa shape index (κ1) is 17.3. The Hall–Kier alpha value is -0.720. The highest BCUT2D eigenvalue weighted by molar-refractivity contribution is 6.37. The maximum absolute atomic E-state index is 11.5. The van der Waals surface area contributed by atoms with Crippen molar-refractivity contribution in [2.75, 3.05) is 19.0 Å². The molecule has 8 heteroatoms. The van der Waals surface area contributed by atoms with Crippen LogP contribution in [-0.4, -0.2) is 30.8 Å². The summed E-state index contributed by atoms with van der Waals surface area (Å²) >= 11 is 11.4. The predicted octanol–water partition coefficient (Wildman–Crippen LogP) is 2.03. The number of amides is 1. The molecule has 1 aromatic rings. The molecule has 0 spiro atoms. The molecule has 0 radical (unpaired) electrons. The number of methoxy groups -OCH3 is 1. The molecule has 0 aromatic heterocycles. The van der Waals surface area contributed by atoms with Crippen molar-refractivity contribution in [2.24, 2.45) is 5.73 Å². The van der Waals surface area contributed by atoms with Gasteiger partial charge in [0.2, 0.25) is 5.91 Å². The minimum atomic E-state index is -0.786. The van der Waals surface area contributed by atoms with Crippen molar-refractivity contribution in [1.29, 1.82) is 0 Å². The van der Waals surface area contributed by atoms with Gasteiger partial charge in [-0.15, -0.1) is 12.4 Å². The van der Waals surface area contributed by atoms with Gasteiger partial charge in [-0.2, -0.15) is 0 Å². The average Bonchev–Trinajstić information content (AvgIpc) is 2.26. The molecule has 1 amide bonds. The van der Waals surface area contributed by atoms with E-state index in [2.05, 4.69) is 5.32 Å². The number of phenols is 1. The van der Waals surface area contributed by atoms with Gasteiger partial charge in [0.25, 0.3) is 0 Å². The molecule has 0 bridgehead atoms. The fourth-order valence-electron chi connectivity index (χ4n) is 1.13. The molecular formula is C10H13Cl3N2O3. The van der Waals surface area contributed by atoms with Gasteiger partial charge in [-0.05, 0) is 12.1 Å². The standard InChI is InChI=1S/C10H12Cl2N2O3.ClH/c1-17-4-8(13)10(16)14-5-2-6(11)9(15)7(12)3-5;/h2-3,8,15H,4,13H2,1H3,(H,14,16);1H. The van der Waals surface area contributed by atoms with Gasteiger partial charge in [-0.1, -0.05) is 23.2 Å². The lowest BCUT2D eigenvalue weighted by molar-refractivity contribution is -0.118. The topological polar surface area (TPSA) is 84.6 Å². The molecule has 0 aliphatic carbocycles. The highest BCUT2D eigenvalue weighted by Crippen LogP contribution is 2.34. The summed E-state index contributed by atoms with van der Waals surface area (Å²) < 4.78 is 4.75. The number of benzene rings is 1. The van der Waals surface area contributed by atoms with E-state index in [9.17, 15) is 9.90 Å². The molecule has 18 heavy (non-hydrogen) atoms. The number of aromatic hydroxyl groups is 1. The maximum Gasteiger partial charge on any atom is 0.243 e. The monoisotopic (exact) mass is 314 g/mol.